The molecule has 1 saturated heterocycles. The fourth-order valence-electron chi connectivity index (χ4n) is 3.01. The summed E-state index contributed by atoms with van der Waals surface area (Å²) in [5.74, 6) is -0.741. The van der Waals surface area contributed by atoms with Crippen LogP contribution in [0.5, 0.6) is 0 Å². The molecule has 0 atom stereocenters. The number of anilines is 2. The van der Waals surface area contributed by atoms with Gasteiger partial charge in [0.25, 0.3) is 0 Å². The topological polar surface area (TPSA) is 49.4 Å². The number of carbonyl (C=O) groups excluding carboxylic acids is 2. The summed E-state index contributed by atoms with van der Waals surface area (Å²) in [5.41, 5.74) is 1.88. The van der Waals surface area contributed by atoms with Gasteiger partial charge in [-0.15, -0.1) is 0 Å². The normalized spacial score (nSPS) is 15.0. The van der Waals surface area contributed by atoms with Crippen molar-refractivity contribution in [2.45, 2.75) is 12.8 Å². The van der Waals surface area contributed by atoms with Crippen molar-refractivity contribution in [3.05, 3.63) is 58.3 Å². The van der Waals surface area contributed by atoms with Gasteiger partial charge in [0, 0.05) is 34.7 Å². The van der Waals surface area contributed by atoms with Gasteiger partial charge in [-0.05, 0) is 65.2 Å². The Morgan fingerprint density at radius 2 is 1.84 bits per heavy atom. The Labute approximate surface area is 154 Å². The van der Waals surface area contributed by atoms with Crippen molar-refractivity contribution in [1.82, 2.24) is 0 Å². The molecule has 2 aromatic carbocycles. The molecule has 0 aliphatic carbocycles. The Morgan fingerprint density at radius 1 is 1.16 bits per heavy atom. The maximum atomic E-state index is 13.8. The van der Waals surface area contributed by atoms with E-state index in [1.807, 2.05) is 12.1 Å². The molecule has 0 aromatic heterocycles. The molecule has 0 unspecified atom stereocenters. The van der Waals surface area contributed by atoms with Gasteiger partial charge in [-0.3, -0.25) is 9.59 Å². The quantitative estimate of drug-likeness (QED) is 0.774. The van der Waals surface area contributed by atoms with E-state index in [9.17, 15) is 14.0 Å². The number of aldehydes is 1. The third-order valence-corrected chi connectivity index (χ3v) is 5.13. The molecule has 3 rings (SSSR count). The molecule has 0 bridgehead atoms. The maximum Gasteiger partial charge on any atom is 0.227 e. The number of hydrogen-bond donors (Lipinski definition) is 1. The van der Waals surface area contributed by atoms with Crippen LogP contribution in [-0.2, 0) is 4.79 Å². The standard InChI is InChI=1S/C19H18BrFN2O2/c20-16-2-1-3-17(21)18(16)22-19(25)14-8-10-23(11-9-14)15-6-4-13(12-24)5-7-15/h1-7,12,14H,8-11H2,(H,22,25). The summed E-state index contributed by atoms with van der Waals surface area (Å²) in [5, 5.41) is 2.70. The van der Waals surface area contributed by atoms with Crippen LogP contribution in [0.2, 0.25) is 0 Å². The van der Waals surface area contributed by atoms with Crippen LogP contribution in [0.15, 0.2) is 46.9 Å². The molecule has 0 radical (unpaired) electrons. The van der Waals surface area contributed by atoms with Crippen molar-refractivity contribution in [2.24, 2.45) is 5.92 Å². The lowest BCUT2D eigenvalue weighted by Crippen LogP contribution is -2.38. The molecular weight excluding hydrogens is 387 g/mol. The monoisotopic (exact) mass is 404 g/mol. The van der Waals surface area contributed by atoms with E-state index in [2.05, 4.69) is 26.1 Å². The molecule has 1 aliphatic rings. The number of para-hydroxylation sites is 1. The Hall–Kier alpha value is -2.21. The van der Waals surface area contributed by atoms with E-state index in [4.69, 9.17) is 0 Å². The molecule has 6 heteroatoms. The Bertz CT molecular complexity index is 751. The smallest absolute Gasteiger partial charge is 0.227 e. The van der Waals surface area contributed by atoms with Gasteiger partial charge in [0.1, 0.15) is 12.1 Å². The first kappa shape index (κ1) is 17.6. The second-order valence-electron chi connectivity index (χ2n) is 6.06. The van der Waals surface area contributed by atoms with Crippen LogP contribution in [-0.4, -0.2) is 25.3 Å². The van der Waals surface area contributed by atoms with Crippen molar-refractivity contribution in [1.29, 1.82) is 0 Å². The maximum absolute atomic E-state index is 13.8. The van der Waals surface area contributed by atoms with Crippen molar-refractivity contribution < 1.29 is 14.0 Å². The van der Waals surface area contributed by atoms with Crippen LogP contribution in [0.3, 0.4) is 0 Å². The van der Waals surface area contributed by atoms with E-state index in [0.717, 1.165) is 25.1 Å². The summed E-state index contributed by atoms with van der Waals surface area (Å²) in [6.07, 6.45) is 2.22. The van der Waals surface area contributed by atoms with Crippen LogP contribution in [0.4, 0.5) is 15.8 Å². The first-order valence-electron chi connectivity index (χ1n) is 8.13. The second-order valence-corrected chi connectivity index (χ2v) is 6.91. The lowest BCUT2D eigenvalue weighted by molar-refractivity contribution is -0.120. The number of nitrogens with zero attached hydrogens (tertiary/aromatic N) is 1. The van der Waals surface area contributed by atoms with Gasteiger partial charge in [0.2, 0.25) is 5.91 Å². The SMILES string of the molecule is O=Cc1ccc(N2CCC(C(=O)Nc3c(F)cccc3Br)CC2)cc1. The summed E-state index contributed by atoms with van der Waals surface area (Å²) in [4.78, 5) is 25.4. The number of halogens is 2. The molecule has 25 heavy (non-hydrogen) atoms. The first-order valence-corrected chi connectivity index (χ1v) is 8.93. The van der Waals surface area contributed by atoms with E-state index in [1.165, 1.54) is 6.07 Å². The van der Waals surface area contributed by atoms with Crippen LogP contribution in [0.25, 0.3) is 0 Å². The highest BCUT2D eigenvalue weighted by Gasteiger charge is 2.26. The number of nitrogens with one attached hydrogen (secondary N) is 1. The molecule has 2 aromatic rings. The van der Waals surface area contributed by atoms with Crippen LogP contribution < -0.4 is 10.2 Å². The van der Waals surface area contributed by atoms with Gasteiger partial charge in [0.15, 0.2) is 0 Å². The minimum atomic E-state index is -0.449. The van der Waals surface area contributed by atoms with E-state index in [1.54, 1.807) is 24.3 Å². The van der Waals surface area contributed by atoms with Crippen molar-refractivity contribution in [3.8, 4) is 0 Å². The molecule has 1 aliphatic heterocycles. The predicted octanol–water partition coefficient (Wildman–Crippen LogP) is 4.26. The van der Waals surface area contributed by atoms with Crippen LogP contribution >= 0.6 is 15.9 Å². The minimum absolute atomic E-state index is 0.142. The highest BCUT2D eigenvalue weighted by Crippen LogP contribution is 2.28. The largest absolute Gasteiger partial charge is 0.371 e. The van der Waals surface area contributed by atoms with E-state index >= 15 is 0 Å². The highest BCUT2D eigenvalue weighted by atomic mass is 79.9. The van der Waals surface area contributed by atoms with E-state index < -0.39 is 5.82 Å². The molecule has 1 heterocycles. The molecular formula is C19H18BrFN2O2. The summed E-state index contributed by atoms with van der Waals surface area (Å²) >= 11 is 3.26. The van der Waals surface area contributed by atoms with E-state index in [-0.39, 0.29) is 17.5 Å². The highest BCUT2D eigenvalue weighted by molar-refractivity contribution is 9.10. The lowest BCUT2D eigenvalue weighted by Gasteiger charge is -2.33. The summed E-state index contributed by atoms with van der Waals surface area (Å²) < 4.78 is 14.4. The molecule has 1 amide bonds. The lowest BCUT2D eigenvalue weighted by atomic mass is 9.95. The van der Waals surface area contributed by atoms with E-state index in [0.29, 0.717) is 22.9 Å². The first-order chi connectivity index (χ1) is 12.1. The summed E-state index contributed by atoms with van der Waals surface area (Å²) in [7, 11) is 0. The minimum Gasteiger partial charge on any atom is -0.371 e. The Balaban J connectivity index is 1.59. The van der Waals surface area contributed by atoms with Crippen molar-refractivity contribution in [2.75, 3.05) is 23.3 Å². The van der Waals surface area contributed by atoms with Gasteiger partial charge in [-0.25, -0.2) is 4.39 Å². The van der Waals surface area contributed by atoms with Gasteiger partial charge >= 0.3 is 0 Å². The van der Waals surface area contributed by atoms with Crippen LogP contribution in [0, 0.1) is 11.7 Å². The molecule has 0 saturated carbocycles. The molecule has 130 valence electrons. The fraction of sp³-hybridized carbons (Fsp3) is 0.263. The molecule has 0 spiro atoms. The number of piperidine rings is 1. The summed E-state index contributed by atoms with van der Waals surface area (Å²) in [6, 6.07) is 12.0. The number of amides is 1. The Morgan fingerprint density at radius 3 is 2.44 bits per heavy atom. The number of carbonyl (C=O) groups is 2. The molecule has 1 fully saturated rings. The zero-order chi connectivity index (χ0) is 17.8. The van der Waals surface area contributed by atoms with Gasteiger partial charge in [-0.1, -0.05) is 6.07 Å². The van der Waals surface area contributed by atoms with Gasteiger partial charge in [-0.2, -0.15) is 0 Å². The third kappa shape index (κ3) is 4.07. The average molecular weight is 405 g/mol. The average Bonchev–Trinajstić information content (AvgIpc) is 2.65. The number of rotatable bonds is 4. The molecule has 1 N–H and O–H groups in total. The zero-order valence-corrected chi connectivity index (χ0v) is 15.1. The number of hydrogen-bond acceptors (Lipinski definition) is 3. The van der Waals surface area contributed by atoms with Crippen molar-refractivity contribution >= 4 is 39.5 Å². The van der Waals surface area contributed by atoms with Gasteiger partial charge in [0.05, 0.1) is 5.69 Å². The van der Waals surface area contributed by atoms with Crippen molar-refractivity contribution in [3.63, 3.8) is 0 Å². The second kappa shape index (κ2) is 7.78. The molecule has 4 nitrogen and oxygen atoms in total. The van der Waals surface area contributed by atoms with Gasteiger partial charge < -0.3 is 10.2 Å². The summed E-state index contributed by atoms with van der Waals surface area (Å²) in [6.45, 7) is 1.49. The third-order valence-electron chi connectivity index (χ3n) is 4.47. The van der Waals surface area contributed by atoms with Crippen LogP contribution in [0.1, 0.15) is 23.2 Å². The number of benzene rings is 2. The Kier molecular flexibility index (Phi) is 5.48. The zero-order valence-electron chi connectivity index (χ0n) is 13.5. The predicted molar refractivity (Wildman–Crippen MR) is 99.5 cm³/mol. The fourth-order valence-corrected chi connectivity index (χ4v) is 3.45.